The molecule has 2 N–H and O–H groups in total. The number of anilines is 1. The summed E-state index contributed by atoms with van der Waals surface area (Å²) in [7, 11) is 0. The van der Waals surface area contributed by atoms with E-state index >= 15 is 0 Å². The van der Waals surface area contributed by atoms with Crippen LogP contribution >= 0.6 is 11.8 Å². The van der Waals surface area contributed by atoms with E-state index in [0.29, 0.717) is 5.82 Å². The molecule has 4 nitrogen and oxygen atoms in total. The summed E-state index contributed by atoms with van der Waals surface area (Å²) in [6.45, 7) is 0. The zero-order valence-electron chi connectivity index (χ0n) is 7.38. The molecule has 0 bridgehead atoms. The van der Waals surface area contributed by atoms with Crippen molar-refractivity contribution in [2.45, 2.75) is 10.8 Å². The van der Waals surface area contributed by atoms with Crippen LogP contribution in [0.3, 0.4) is 0 Å². The highest BCUT2D eigenvalue weighted by molar-refractivity contribution is 7.98. The van der Waals surface area contributed by atoms with Crippen LogP contribution in [-0.4, -0.2) is 10.2 Å². The fourth-order valence-corrected chi connectivity index (χ4v) is 1.66. The van der Waals surface area contributed by atoms with Crippen molar-refractivity contribution in [2.24, 2.45) is 0 Å². The van der Waals surface area contributed by atoms with Gasteiger partial charge in [0.15, 0.2) is 0 Å². The van der Waals surface area contributed by atoms with Crippen LogP contribution in [0.4, 0.5) is 5.82 Å². The quantitative estimate of drug-likeness (QED) is 0.779. The molecule has 72 valence electrons. The van der Waals surface area contributed by atoms with Crippen molar-refractivity contribution >= 4 is 17.6 Å². The number of hydrogen-bond donors (Lipinski definition) is 1. The highest BCUT2D eigenvalue weighted by atomic mass is 32.2. The van der Waals surface area contributed by atoms with Crippen LogP contribution in [0.5, 0.6) is 0 Å². The van der Waals surface area contributed by atoms with Gasteiger partial charge in [0.1, 0.15) is 16.6 Å². The van der Waals surface area contributed by atoms with Gasteiger partial charge in [-0.05, 0) is 24.3 Å². The summed E-state index contributed by atoms with van der Waals surface area (Å²) >= 11 is 1.56. The van der Waals surface area contributed by atoms with Crippen molar-refractivity contribution in [3.05, 3.63) is 36.3 Å². The van der Waals surface area contributed by atoms with E-state index in [-0.39, 0.29) is 0 Å². The number of nitrogen functional groups attached to an aromatic ring is 1. The number of aromatic nitrogens is 2. The van der Waals surface area contributed by atoms with Gasteiger partial charge < -0.3 is 10.2 Å². The van der Waals surface area contributed by atoms with Crippen molar-refractivity contribution in [3.8, 4) is 0 Å². The molecule has 2 aromatic rings. The third-order valence-corrected chi connectivity index (χ3v) is 2.55. The number of thioether (sulfide) groups is 1. The molecule has 0 aliphatic rings. The third kappa shape index (κ3) is 2.26. The third-order valence-electron chi connectivity index (χ3n) is 1.60. The average Bonchev–Trinajstić information content (AvgIpc) is 2.70. The van der Waals surface area contributed by atoms with Crippen molar-refractivity contribution < 1.29 is 4.42 Å². The normalized spacial score (nSPS) is 10.3. The Hall–Kier alpha value is -1.49. The Labute approximate surface area is 85.5 Å². The lowest BCUT2D eigenvalue weighted by Crippen LogP contribution is -1.92. The molecule has 0 radical (unpaired) electrons. The summed E-state index contributed by atoms with van der Waals surface area (Å²) in [4.78, 5) is 0. The maximum absolute atomic E-state index is 5.42. The minimum Gasteiger partial charge on any atom is -0.468 e. The van der Waals surface area contributed by atoms with E-state index in [1.807, 2.05) is 18.2 Å². The van der Waals surface area contributed by atoms with E-state index in [4.69, 9.17) is 10.2 Å². The molecule has 0 atom stereocenters. The predicted octanol–water partition coefficient (Wildman–Crippen LogP) is 1.94. The lowest BCUT2D eigenvalue weighted by molar-refractivity contribution is 0.530. The standard InChI is InChI=1S/C9H9N3OS/c10-8-3-4-9(12-11-8)14-6-7-2-1-5-13-7/h1-5H,6H2,(H2,10,11). The Balaban J connectivity index is 1.95. The lowest BCUT2D eigenvalue weighted by atomic mass is 10.5. The van der Waals surface area contributed by atoms with Crippen LogP contribution in [0.25, 0.3) is 0 Å². The van der Waals surface area contributed by atoms with E-state index < -0.39 is 0 Å². The number of rotatable bonds is 3. The maximum atomic E-state index is 5.42. The molecular formula is C9H9N3OS. The molecule has 2 aromatic heterocycles. The van der Waals surface area contributed by atoms with Gasteiger partial charge in [0, 0.05) is 0 Å². The summed E-state index contributed by atoms with van der Waals surface area (Å²) < 4.78 is 5.19. The molecule has 0 aromatic carbocycles. The van der Waals surface area contributed by atoms with Gasteiger partial charge in [-0.2, -0.15) is 0 Å². The van der Waals surface area contributed by atoms with E-state index in [9.17, 15) is 0 Å². The number of hydrogen-bond acceptors (Lipinski definition) is 5. The molecule has 0 amide bonds. The zero-order chi connectivity index (χ0) is 9.80. The molecular weight excluding hydrogens is 198 g/mol. The topological polar surface area (TPSA) is 64.9 Å². The van der Waals surface area contributed by atoms with Crippen molar-refractivity contribution in [1.29, 1.82) is 0 Å². The molecule has 0 aliphatic heterocycles. The second-order valence-electron chi connectivity index (χ2n) is 2.66. The molecule has 0 fully saturated rings. The molecule has 2 rings (SSSR count). The maximum Gasteiger partial charge on any atom is 0.146 e. The predicted molar refractivity (Wildman–Crippen MR) is 54.7 cm³/mol. The van der Waals surface area contributed by atoms with Crippen LogP contribution in [0.1, 0.15) is 5.76 Å². The van der Waals surface area contributed by atoms with Crippen LogP contribution in [0, 0.1) is 0 Å². The van der Waals surface area contributed by atoms with Crippen LogP contribution < -0.4 is 5.73 Å². The van der Waals surface area contributed by atoms with Gasteiger partial charge in [0.25, 0.3) is 0 Å². The van der Waals surface area contributed by atoms with E-state index in [2.05, 4.69) is 10.2 Å². The first-order valence-corrected chi connectivity index (χ1v) is 5.07. The van der Waals surface area contributed by atoms with Gasteiger partial charge in [0.05, 0.1) is 12.0 Å². The second kappa shape index (κ2) is 4.15. The van der Waals surface area contributed by atoms with Crippen molar-refractivity contribution in [3.63, 3.8) is 0 Å². The summed E-state index contributed by atoms with van der Waals surface area (Å²) in [6.07, 6.45) is 1.66. The van der Waals surface area contributed by atoms with Crippen LogP contribution in [-0.2, 0) is 5.75 Å². The van der Waals surface area contributed by atoms with E-state index in [0.717, 1.165) is 16.5 Å². The Kier molecular flexibility index (Phi) is 2.69. The first kappa shape index (κ1) is 9.08. The first-order chi connectivity index (χ1) is 6.84. The van der Waals surface area contributed by atoms with Gasteiger partial charge >= 0.3 is 0 Å². The van der Waals surface area contributed by atoms with Gasteiger partial charge in [-0.3, -0.25) is 0 Å². The van der Waals surface area contributed by atoms with Gasteiger partial charge in [-0.25, -0.2) is 0 Å². The monoisotopic (exact) mass is 207 g/mol. The van der Waals surface area contributed by atoms with Crippen LogP contribution in [0.15, 0.2) is 40.0 Å². The molecule has 2 heterocycles. The number of furan rings is 1. The fourth-order valence-electron chi connectivity index (χ4n) is 0.947. The highest BCUT2D eigenvalue weighted by Gasteiger charge is 1.99. The van der Waals surface area contributed by atoms with Crippen molar-refractivity contribution in [2.75, 3.05) is 5.73 Å². The second-order valence-corrected chi connectivity index (χ2v) is 3.66. The SMILES string of the molecule is Nc1ccc(SCc2ccco2)nn1. The summed E-state index contributed by atoms with van der Waals surface area (Å²) in [5, 5.41) is 8.52. The zero-order valence-corrected chi connectivity index (χ0v) is 8.20. The molecule has 0 saturated heterocycles. The minimum absolute atomic E-state index is 0.437. The Morgan fingerprint density at radius 1 is 1.29 bits per heavy atom. The molecule has 14 heavy (non-hydrogen) atoms. The van der Waals surface area contributed by atoms with Crippen LogP contribution in [0.2, 0.25) is 0 Å². The van der Waals surface area contributed by atoms with Gasteiger partial charge in [-0.15, -0.1) is 10.2 Å². The van der Waals surface area contributed by atoms with Crippen molar-refractivity contribution in [1.82, 2.24) is 10.2 Å². The molecule has 0 saturated carbocycles. The summed E-state index contributed by atoms with van der Waals surface area (Å²) in [5.41, 5.74) is 5.42. The highest BCUT2D eigenvalue weighted by Crippen LogP contribution is 2.20. The largest absolute Gasteiger partial charge is 0.468 e. The summed E-state index contributed by atoms with van der Waals surface area (Å²) in [6, 6.07) is 7.37. The molecule has 0 unspecified atom stereocenters. The Bertz CT molecular complexity index is 385. The smallest absolute Gasteiger partial charge is 0.146 e. The summed E-state index contributed by atoms with van der Waals surface area (Å²) in [5.74, 6) is 2.12. The molecule has 0 spiro atoms. The molecule has 5 heteroatoms. The molecule has 0 aliphatic carbocycles. The Morgan fingerprint density at radius 3 is 2.86 bits per heavy atom. The van der Waals surface area contributed by atoms with E-state index in [1.165, 1.54) is 0 Å². The van der Waals surface area contributed by atoms with Gasteiger partial charge in [0.2, 0.25) is 0 Å². The number of nitrogens with two attached hydrogens (primary N) is 1. The number of nitrogens with zero attached hydrogens (tertiary/aromatic N) is 2. The minimum atomic E-state index is 0.437. The Morgan fingerprint density at radius 2 is 2.21 bits per heavy atom. The first-order valence-electron chi connectivity index (χ1n) is 4.09. The average molecular weight is 207 g/mol. The fraction of sp³-hybridized carbons (Fsp3) is 0.111. The van der Waals surface area contributed by atoms with Gasteiger partial charge in [-0.1, -0.05) is 11.8 Å². The lowest BCUT2D eigenvalue weighted by Gasteiger charge is -1.97. The van der Waals surface area contributed by atoms with E-state index in [1.54, 1.807) is 24.1 Å².